The van der Waals surface area contributed by atoms with Crippen LogP contribution in [0, 0.1) is 0 Å². The quantitative estimate of drug-likeness (QED) is 0.848. The number of pyridine rings is 1. The summed E-state index contributed by atoms with van der Waals surface area (Å²) in [5.41, 5.74) is 3.47. The minimum absolute atomic E-state index is 0.422. The minimum atomic E-state index is 0.422. The van der Waals surface area contributed by atoms with Crippen molar-refractivity contribution in [2.24, 2.45) is 0 Å². The highest BCUT2D eigenvalue weighted by Crippen LogP contribution is 2.32. The molecule has 3 nitrogen and oxygen atoms in total. The summed E-state index contributed by atoms with van der Waals surface area (Å²) in [6.07, 6.45) is 1.72. The van der Waals surface area contributed by atoms with Crippen LogP contribution in [-0.4, -0.2) is 17.6 Å². The molecule has 1 unspecified atom stereocenters. The van der Waals surface area contributed by atoms with E-state index in [0.717, 1.165) is 18.7 Å². The molecular formula is C15H16ClN3. The second-order valence-corrected chi connectivity index (χ2v) is 5.19. The van der Waals surface area contributed by atoms with Crippen molar-refractivity contribution < 1.29 is 0 Å². The van der Waals surface area contributed by atoms with Gasteiger partial charge in [0.05, 0.1) is 11.4 Å². The smallest absolute Gasteiger partial charge is 0.133 e. The molecule has 4 heteroatoms. The van der Waals surface area contributed by atoms with Gasteiger partial charge in [0.2, 0.25) is 0 Å². The highest BCUT2D eigenvalue weighted by molar-refractivity contribution is 6.30. The molecule has 0 amide bonds. The van der Waals surface area contributed by atoms with Crippen molar-refractivity contribution >= 4 is 23.0 Å². The van der Waals surface area contributed by atoms with E-state index in [2.05, 4.69) is 46.4 Å². The van der Waals surface area contributed by atoms with Gasteiger partial charge in [-0.3, -0.25) is 0 Å². The summed E-state index contributed by atoms with van der Waals surface area (Å²) in [5, 5.41) is 4.04. The number of rotatable bonds is 2. The van der Waals surface area contributed by atoms with Crippen LogP contribution in [0.5, 0.6) is 0 Å². The molecular weight excluding hydrogens is 258 g/mol. The molecule has 1 aliphatic heterocycles. The van der Waals surface area contributed by atoms with Crippen LogP contribution in [-0.2, 0) is 6.54 Å². The van der Waals surface area contributed by atoms with E-state index < -0.39 is 0 Å². The number of hydrogen-bond donors (Lipinski definition) is 1. The molecule has 0 fully saturated rings. The summed E-state index contributed by atoms with van der Waals surface area (Å²) in [6, 6.07) is 12.8. The SMILES string of the molecule is CC1CNc2ccccc2N1Cc1cccnc1Cl. The van der Waals surface area contributed by atoms with E-state index in [1.54, 1.807) is 6.20 Å². The van der Waals surface area contributed by atoms with Gasteiger partial charge in [-0.25, -0.2) is 4.98 Å². The number of aromatic nitrogens is 1. The molecule has 98 valence electrons. The summed E-state index contributed by atoms with van der Waals surface area (Å²) in [5.74, 6) is 0. The molecule has 0 aliphatic carbocycles. The maximum Gasteiger partial charge on any atom is 0.133 e. The summed E-state index contributed by atoms with van der Waals surface area (Å²) in [6.45, 7) is 3.94. The Kier molecular flexibility index (Phi) is 3.30. The number of benzene rings is 1. The summed E-state index contributed by atoms with van der Waals surface area (Å²) in [4.78, 5) is 6.52. The van der Waals surface area contributed by atoms with Crippen molar-refractivity contribution in [2.45, 2.75) is 19.5 Å². The first kappa shape index (κ1) is 12.3. The Balaban J connectivity index is 1.94. The van der Waals surface area contributed by atoms with Gasteiger partial charge in [-0.1, -0.05) is 29.8 Å². The van der Waals surface area contributed by atoms with Crippen molar-refractivity contribution in [3.05, 3.63) is 53.3 Å². The lowest BCUT2D eigenvalue weighted by atomic mass is 10.1. The number of hydrogen-bond acceptors (Lipinski definition) is 3. The highest BCUT2D eigenvalue weighted by atomic mass is 35.5. The standard InChI is InChI=1S/C15H16ClN3/c1-11-9-18-13-6-2-3-7-14(13)19(11)10-12-5-4-8-17-15(12)16/h2-8,11,18H,9-10H2,1H3. The molecule has 0 saturated carbocycles. The maximum atomic E-state index is 6.16. The van der Waals surface area contributed by atoms with E-state index in [9.17, 15) is 0 Å². The second-order valence-electron chi connectivity index (χ2n) is 4.83. The van der Waals surface area contributed by atoms with Crippen LogP contribution in [0.4, 0.5) is 11.4 Å². The van der Waals surface area contributed by atoms with E-state index in [0.29, 0.717) is 11.2 Å². The lowest BCUT2D eigenvalue weighted by Crippen LogP contribution is -2.41. The molecule has 0 saturated heterocycles. The van der Waals surface area contributed by atoms with Gasteiger partial charge in [0.1, 0.15) is 5.15 Å². The Bertz CT molecular complexity index is 585. The molecule has 0 bridgehead atoms. The van der Waals surface area contributed by atoms with Crippen LogP contribution in [0.1, 0.15) is 12.5 Å². The van der Waals surface area contributed by atoms with Crippen molar-refractivity contribution in [3.8, 4) is 0 Å². The fourth-order valence-electron chi connectivity index (χ4n) is 2.44. The third-order valence-corrected chi connectivity index (χ3v) is 3.85. The van der Waals surface area contributed by atoms with E-state index in [-0.39, 0.29) is 0 Å². The Labute approximate surface area is 118 Å². The van der Waals surface area contributed by atoms with Crippen LogP contribution < -0.4 is 10.2 Å². The first-order chi connectivity index (χ1) is 9.25. The summed E-state index contributed by atoms with van der Waals surface area (Å²) < 4.78 is 0. The van der Waals surface area contributed by atoms with Crippen LogP contribution in [0.3, 0.4) is 0 Å². The van der Waals surface area contributed by atoms with Crippen molar-refractivity contribution in [1.82, 2.24) is 4.98 Å². The molecule has 3 rings (SSSR count). The average Bonchev–Trinajstić information content (AvgIpc) is 2.44. The molecule has 1 N–H and O–H groups in total. The molecule has 2 heterocycles. The van der Waals surface area contributed by atoms with Crippen LogP contribution in [0.2, 0.25) is 5.15 Å². The predicted octanol–water partition coefficient (Wildman–Crippen LogP) is 3.56. The Morgan fingerprint density at radius 3 is 3.00 bits per heavy atom. The van der Waals surface area contributed by atoms with Gasteiger partial charge in [0.25, 0.3) is 0 Å². The third-order valence-electron chi connectivity index (χ3n) is 3.51. The largest absolute Gasteiger partial charge is 0.381 e. The van der Waals surface area contributed by atoms with Gasteiger partial charge in [0.15, 0.2) is 0 Å². The highest BCUT2D eigenvalue weighted by Gasteiger charge is 2.23. The monoisotopic (exact) mass is 273 g/mol. The first-order valence-corrected chi connectivity index (χ1v) is 6.82. The number of fused-ring (bicyclic) bond motifs is 1. The molecule has 0 spiro atoms. The van der Waals surface area contributed by atoms with Crippen LogP contribution in [0.15, 0.2) is 42.6 Å². The van der Waals surface area contributed by atoms with E-state index in [4.69, 9.17) is 11.6 Å². The lowest BCUT2D eigenvalue weighted by molar-refractivity contribution is 0.640. The Hall–Kier alpha value is -1.74. The zero-order chi connectivity index (χ0) is 13.2. The van der Waals surface area contributed by atoms with Gasteiger partial charge >= 0.3 is 0 Å². The normalized spacial score (nSPS) is 17.8. The van der Waals surface area contributed by atoms with Crippen LogP contribution >= 0.6 is 11.6 Å². The van der Waals surface area contributed by atoms with Gasteiger partial charge in [0, 0.05) is 30.9 Å². The van der Waals surface area contributed by atoms with E-state index in [1.807, 2.05) is 12.1 Å². The first-order valence-electron chi connectivity index (χ1n) is 6.44. The van der Waals surface area contributed by atoms with Crippen molar-refractivity contribution in [3.63, 3.8) is 0 Å². The average molecular weight is 274 g/mol. The Morgan fingerprint density at radius 2 is 2.16 bits per heavy atom. The second kappa shape index (κ2) is 5.10. The van der Waals surface area contributed by atoms with E-state index in [1.165, 1.54) is 11.4 Å². The van der Waals surface area contributed by atoms with E-state index >= 15 is 0 Å². The predicted molar refractivity (Wildman–Crippen MR) is 79.8 cm³/mol. The fraction of sp³-hybridized carbons (Fsp3) is 0.267. The lowest BCUT2D eigenvalue weighted by Gasteiger charge is -2.37. The fourth-order valence-corrected chi connectivity index (χ4v) is 2.62. The minimum Gasteiger partial charge on any atom is -0.381 e. The number of nitrogens with one attached hydrogen (secondary N) is 1. The van der Waals surface area contributed by atoms with Gasteiger partial charge < -0.3 is 10.2 Å². The maximum absolute atomic E-state index is 6.16. The van der Waals surface area contributed by atoms with Crippen LogP contribution in [0.25, 0.3) is 0 Å². The zero-order valence-electron chi connectivity index (χ0n) is 10.8. The molecule has 1 atom stereocenters. The molecule has 0 radical (unpaired) electrons. The Morgan fingerprint density at radius 1 is 1.32 bits per heavy atom. The van der Waals surface area contributed by atoms with Gasteiger partial charge in [-0.2, -0.15) is 0 Å². The molecule has 1 aliphatic rings. The molecule has 2 aromatic rings. The van der Waals surface area contributed by atoms with Gasteiger partial charge in [-0.15, -0.1) is 0 Å². The zero-order valence-corrected chi connectivity index (χ0v) is 11.6. The number of anilines is 2. The summed E-state index contributed by atoms with van der Waals surface area (Å²) in [7, 11) is 0. The topological polar surface area (TPSA) is 28.2 Å². The molecule has 1 aromatic heterocycles. The van der Waals surface area contributed by atoms with Gasteiger partial charge in [-0.05, 0) is 25.1 Å². The number of para-hydroxylation sites is 2. The third kappa shape index (κ3) is 2.38. The van der Waals surface area contributed by atoms with Crippen molar-refractivity contribution in [1.29, 1.82) is 0 Å². The van der Waals surface area contributed by atoms with Crippen molar-refractivity contribution in [2.75, 3.05) is 16.8 Å². The molecule has 1 aromatic carbocycles. The molecule has 19 heavy (non-hydrogen) atoms. The summed E-state index contributed by atoms with van der Waals surface area (Å²) >= 11 is 6.16. The number of nitrogens with zero attached hydrogens (tertiary/aromatic N) is 2. The number of halogens is 1.